The third-order valence-electron chi connectivity index (χ3n) is 2.58. The monoisotopic (exact) mass is 231 g/mol. The van der Waals surface area contributed by atoms with Crippen LogP contribution in [-0.4, -0.2) is 34.6 Å². The smallest absolute Gasteiger partial charge is 0.0860 e. The molecular weight excluding hydrogens is 214 g/mol. The third kappa shape index (κ3) is 3.15. The molecule has 2 N–H and O–H groups in total. The molecule has 2 aromatic rings. The Balaban J connectivity index is 2.06. The van der Waals surface area contributed by atoms with Crippen molar-refractivity contribution >= 4 is 0 Å². The van der Waals surface area contributed by atoms with Crippen molar-refractivity contribution in [3.05, 3.63) is 42.7 Å². The second-order valence-electron chi connectivity index (χ2n) is 4.03. The molecule has 1 aromatic heterocycles. The van der Waals surface area contributed by atoms with Gasteiger partial charge in [-0.25, -0.2) is 0 Å². The molecule has 4 nitrogen and oxygen atoms in total. The van der Waals surface area contributed by atoms with Gasteiger partial charge in [0.1, 0.15) is 0 Å². The minimum atomic E-state index is -0.413. The van der Waals surface area contributed by atoms with Gasteiger partial charge in [-0.15, -0.1) is 0 Å². The average Bonchev–Trinajstić information content (AvgIpc) is 2.79. The van der Waals surface area contributed by atoms with E-state index in [1.165, 1.54) is 0 Å². The topological polar surface area (TPSA) is 50.1 Å². The van der Waals surface area contributed by atoms with Gasteiger partial charge in [-0.2, -0.15) is 5.10 Å². The van der Waals surface area contributed by atoms with E-state index in [1.54, 1.807) is 4.68 Å². The van der Waals surface area contributed by atoms with Gasteiger partial charge < -0.3 is 10.4 Å². The van der Waals surface area contributed by atoms with Crippen LogP contribution in [0.5, 0.6) is 0 Å². The van der Waals surface area contributed by atoms with Gasteiger partial charge in [0.25, 0.3) is 0 Å². The highest BCUT2D eigenvalue weighted by molar-refractivity contribution is 5.61. The van der Waals surface area contributed by atoms with Crippen LogP contribution in [0.1, 0.15) is 0 Å². The van der Waals surface area contributed by atoms with Crippen LogP contribution in [0.2, 0.25) is 0 Å². The Kier molecular flexibility index (Phi) is 3.90. The molecule has 2 rings (SSSR count). The van der Waals surface area contributed by atoms with Crippen molar-refractivity contribution in [1.82, 2.24) is 15.1 Å². The fourth-order valence-electron chi connectivity index (χ4n) is 1.76. The van der Waals surface area contributed by atoms with Gasteiger partial charge >= 0.3 is 0 Å². The van der Waals surface area contributed by atoms with Crippen LogP contribution in [-0.2, 0) is 6.54 Å². The summed E-state index contributed by atoms with van der Waals surface area (Å²) >= 11 is 0. The number of hydrogen-bond donors (Lipinski definition) is 2. The predicted octanol–water partition coefficient (Wildman–Crippen LogP) is 1.13. The van der Waals surface area contributed by atoms with Crippen molar-refractivity contribution in [1.29, 1.82) is 0 Å². The van der Waals surface area contributed by atoms with Crippen LogP contribution in [0, 0.1) is 0 Å². The first kappa shape index (κ1) is 11.8. The Labute approximate surface area is 101 Å². The summed E-state index contributed by atoms with van der Waals surface area (Å²) in [5.41, 5.74) is 2.21. The zero-order valence-corrected chi connectivity index (χ0v) is 9.87. The maximum absolute atomic E-state index is 9.66. The molecule has 0 bridgehead atoms. The normalized spacial score (nSPS) is 12.6. The Morgan fingerprint density at radius 1 is 1.29 bits per heavy atom. The lowest BCUT2D eigenvalue weighted by atomic mass is 10.1. The summed E-state index contributed by atoms with van der Waals surface area (Å²) in [6.07, 6.45) is 3.36. The zero-order chi connectivity index (χ0) is 12.1. The zero-order valence-electron chi connectivity index (χ0n) is 9.87. The van der Waals surface area contributed by atoms with E-state index in [4.69, 9.17) is 0 Å². The molecule has 90 valence electrons. The Bertz CT molecular complexity index is 453. The largest absolute Gasteiger partial charge is 0.390 e. The van der Waals surface area contributed by atoms with Gasteiger partial charge in [0.05, 0.1) is 18.8 Å². The second-order valence-corrected chi connectivity index (χ2v) is 4.03. The van der Waals surface area contributed by atoms with Crippen LogP contribution in [0.3, 0.4) is 0 Å². The first-order valence-electron chi connectivity index (χ1n) is 5.70. The van der Waals surface area contributed by atoms with Crippen molar-refractivity contribution in [3.63, 3.8) is 0 Å². The summed E-state index contributed by atoms with van der Waals surface area (Å²) < 4.78 is 1.77. The van der Waals surface area contributed by atoms with Crippen LogP contribution < -0.4 is 5.32 Å². The van der Waals surface area contributed by atoms with Crippen molar-refractivity contribution in [2.45, 2.75) is 12.6 Å². The highest BCUT2D eigenvalue weighted by atomic mass is 16.3. The van der Waals surface area contributed by atoms with E-state index < -0.39 is 6.10 Å². The lowest BCUT2D eigenvalue weighted by Gasteiger charge is -2.09. The summed E-state index contributed by atoms with van der Waals surface area (Å²) in [5.74, 6) is 0. The van der Waals surface area contributed by atoms with Crippen molar-refractivity contribution < 1.29 is 5.11 Å². The van der Waals surface area contributed by atoms with Crippen molar-refractivity contribution in [3.8, 4) is 11.1 Å². The molecule has 4 heteroatoms. The van der Waals surface area contributed by atoms with E-state index in [1.807, 2.05) is 49.8 Å². The van der Waals surface area contributed by atoms with E-state index in [0.717, 1.165) is 11.1 Å². The molecule has 0 aliphatic carbocycles. The molecule has 0 radical (unpaired) electrons. The fourth-order valence-corrected chi connectivity index (χ4v) is 1.76. The highest BCUT2D eigenvalue weighted by Gasteiger charge is 2.06. The molecular formula is C13H17N3O. The molecule has 1 aromatic carbocycles. The number of likely N-dealkylation sites (N-methyl/N-ethyl adjacent to an activating group) is 1. The van der Waals surface area contributed by atoms with Crippen LogP contribution >= 0.6 is 0 Å². The molecule has 0 amide bonds. The maximum atomic E-state index is 9.66. The SMILES string of the molecule is CNCC(O)Cn1cc(-c2ccccc2)cn1. The lowest BCUT2D eigenvalue weighted by molar-refractivity contribution is 0.149. The van der Waals surface area contributed by atoms with E-state index in [0.29, 0.717) is 13.1 Å². The van der Waals surface area contributed by atoms with Crippen LogP contribution in [0.4, 0.5) is 0 Å². The van der Waals surface area contributed by atoms with Gasteiger partial charge in [-0.3, -0.25) is 4.68 Å². The summed E-state index contributed by atoms with van der Waals surface area (Å²) in [4.78, 5) is 0. The highest BCUT2D eigenvalue weighted by Crippen LogP contribution is 2.17. The standard InChI is InChI=1S/C13H17N3O/c1-14-8-13(17)10-16-9-12(7-15-16)11-5-3-2-4-6-11/h2-7,9,13-14,17H,8,10H2,1H3. The fraction of sp³-hybridized carbons (Fsp3) is 0.308. The van der Waals surface area contributed by atoms with Gasteiger partial charge in [0.2, 0.25) is 0 Å². The number of hydrogen-bond acceptors (Lipinski definition) is 3. The van der Waals surface area contributed by atoms with Crippen molar-refractivity contribution in [2.24, 2.45) is 0 Å². The number of benzene rings is 1. The average molecular weight is 231 g/mol. The Morgan fingerprint density at radius 2 is 2.06 bits per heavy atom. The maximum Gasteiger partial charge on any atom is 0.0860 e. The number of aliphatic hydroxyl groups is 1. The molecule has 0 aliphatic rings. The molecule has 17 heavy (non-hydrogen) atoms. The van der Waals surface area contributed by atoms with E-state index in [9.17, 15) is 5.11 Å². The molecule has 0 saturated heterocycles. The quantitative estimate of drug-likeness (QED) is 0.811. The number of aromatic nitrogens is 2. The van der Waals surface area contributed by atoms with Crippen molar-refractivity contribution in [2.75, 3.05) is 13.6 Å². The molecule has 1 atom stereocenters. The van der Waals surface area contributed by atoms with E-state index >= 15 is 0 Å². The van der Waals surface area contributed by atoms with Gasteiger partial charge in [0.15, 0.2) is 0 Å². The van der Waals surface area contributed by atoms with E-state index in [-0.39, 0.29) is 0 Å². The summed E-state index contributed by atoms with van der Waals surface area (Å²) in [5, 5.41) is 16.8. The molecule has 1 heterocycles. The number of rotatable bonds is 5. The minimum Gasteiger partial charge on any atom is -0.390 e. The number of nitrogens with zero attached hydrogens (tertiary/aromatic N) is 2. The lowest BCUT2D eigenvalue weighted by Crippen LogP contribution is -2.27. The second kappa shape index (κ2) is 5.61. The molecule has 0 saturated carbocycles. The molecule has 0 aliphatic heterocycles. The summed E-state index contributed by atoms with van der Waals surface area (Å²) in [7, 11) is 1.82. The van der Waals surface area contributed by atoms with Gasteiger partial charge in [0, 0.05) is 18.3 Å². The summed E-state index contributed by atoms with van der Waals surface area (Å²) in [6.45, 7) is 1.08. The van der Waals surface area contributed by atoms with Crippen LogP contribution in [0.15, 0.2) is 42.7 Å². The Hall–Kier alpha value is -1.65. The third-order valence-corrected chi connectivity index (χ3v) is 2.58. The summed E-state index contributed by atoms with van der Waals surface area (Å²) in [6, 6.07) is 10.1. The first-order valence-corrected chi connectivity index (χ1v) is 5.70. The minimum absolute atomic E-state index is 0.413. The van der Waals surface area contributed by atoms with Gasteiger partial charge in [-0.05, 0) is 12.6 Å². The van der Waals surface area contributed by atoms with Gasteiger partial charge in [-0.1, -0.05) is 30.3 Å². The molecule has 1 unspecified atom stereocenters. The molecule has 0 fully saturated rings. The number of nitrogens with one attached hydrogen (secondary N) is 1. The molecule has 0 spiro atoms. The van der Waals surface area contributed by atoms with E-state index in [2.05, 4.69) is 10.4 Å². The first-order chi connectivity index (χ1) is 8.29. The predicted molar refractivity (Wildman–Crippen MR) is 67.6 cm³/mol. The Morgan fingerprint density at radius 3 is 2.76 bits per heavy atom. The van der Waals surface area contributed by atoms with Crippen LogP contribution in [0.25, 0.3) is 11.1 Å². The number of aliphatic hydroxyl groups excluding tert-OH is 1.